The highest BCUT2D eigenvalue weighted by molar-refractivity contribution is 5.98. The predicted octanol–water partition coefficient (Wildman–Crippen LogP) is 3.71. The Kier molecular flexibility index (Phi) is 5.03. The predicted molar refractivity (Wildman–Crippen MR) is 98.0 cm³/mol. The maximum Gasteiger partial charge on any atom is 0.231 e. The first-order chi connectivity index (χ1) is 12.1. The molecule has 25 heavy (non-hydrogen) atoms. The number of hydrogen-bond donors (Lipinski definition) is 2. The summed E-state index contributed by atoms with van der Waals surface area (Å²) < 4.78 is 5.24. The minimum atomic E-state index is -0.192. The Bertz CT molecular complexity index is 801. The van der Waals surface area contributed by atoms with Crippen LogP contribution >= 0.6 is 0 Å². The molecule has 5 heteroatoms. The van der Waals surface area contributed by atoms with Crippen molar-refractivity contribution in [2.75, 3.05) is 17.7 Å². The number of nitrogens with one attached hydrogen (secondary N) is 2. The summed E-state index contributed by atoms with van der Waals surface area (Å²) in [6.07, 6.45) is 2.88. The van der Waals surface area contributed by atoms with Gasteiger partial charge in [-0.15, -0.1) is 0 Å². The van der Waals surface area contributed by atoms with Gasteiger partial charge in [0.15, 0.2) is 0 Å². The van der Waals surface area contributed by atoms with Gasteiger partial charge in [-0.3, -0.25) is 9.59 Å². The second kappa shape index (κ2) is 7.38. The monoisotopic (exact) mass is 338 g/mol. The Labute approximate surface area is 147 Å². The van der Waals surface area contributed by atoms with E-state index in [-0.39, 0.29) is 17.7 Å². The standard InChI is InChI=1S/C20H22N2O3/c1-13(23)21-18-12-15(10-11-19(18)25-2)22-20(24)17-9-5-7-14-6-3-4-8-16(14)17/h3-4,6,8,10-12,17H,5,7,9H2,1-2H3,(H,21,23)(H,22,24)/t17-/m0/s1. The number of rotatable bonds is 4. The molecule has 0 bridgehead atoms. The third kappa shape index (κ3) is 3.82. The lowest BCUT2D eigenvalue weighted by molar-refractivity contribution is -0.118. The lowest BCUT2D eigenvalue weighted by atomic mass is 9.82. The van der Waals surface area contributed by atoms with Crippen molar-refractivity contribution in [2.24, 2.45) is 0 Å². The summed E-state index contributed by atoms with van der Waals surface area (Å²) in [5.74, 6) is 0.196. The van der Waals surface area contributed by atoms with Crippen molar-refractivity contribution < 1.29 is 14.3 Å². The van der Waals surface area contributed by atoms with E-state index in [0.717, 1.165) is 24.8 Å². The van der Waals surface area contributed by atoms with Crippen LogP contribution in [-0.2, 0) is 16.0 Å². The van der Waals surface area contributed by atoms with Gasteiger partial charge in [-0.05, 0) is 48.6 Å². The zero-order chi connectivity index (χ0) is 17.8. The van der Waals surface area contributed by atoms with Gasteiger partial charge < -0.3 is 15.4 Å². The number of carbonyl (C=O) groups is 2. The fourth-order valence-corrected chi connectivity index (χ4v) is 3.33. The van der Waals surface area contributed by atoms with Crippen LogP contribution in [0.4, 0.5) is 11.4 Å². The van der Waals surface area contributed by atoms with E-state index in [4.69, 9.17) is 4.74 Å². The van der Waals surface area contributed by atoms with Crippen molar-refractivity contribution in [3.8, 4) is 5.75 Å². The van der Waals surface area contributed by atoms with Crippen LogP contribution in [0.3, 0.4) is 0 Å². The molecule has 1 aliphatic carbocycles. The van der Waals surface area contributed by atoms with Gasteiger partial charge in [0.05, 0.1) is 18.7 Å². The fourth-order valence-electron chi connectivity index (χ4n) is 3.33. The van der Waals surface area contributed by atoms with E-state index in [1.165, 1.54) is 19.6 Å². The van der Waals surface area contributed by atoms with E-state index in [9.17, 15) is 9.59 Å². The molecule has 1 atom stereocenters. The van der Waals surface area contributed by atoms with Crippen molar-refractivity contribution in [3.63, 3.8) is 0 Å². The molecule has 0 saturated carbocycles. The molecule has 1 aliphatic rings. The molecule has 130 valence electrons. The van der Waals surface area contributed by atoms with Gasteiger partial charge in [0.1, 0.15) is 5.75 Å². The average Bonchev–Trinajstić information content (AvgIpc) is 2.61. The molecule has 0 radical (unpaired) electrons. The lowest BCUT2D eigenvalue weighted by Crippen LogP contribution is -2.24. The first-order valence-electron chi connectivity index (χ1n) is 8.43. The van der Waals surface area contributed by atoms with Gasteiger partial charge in [0.25, 0.3) is 0 Å². The number of benzene rings is 2. The van der Waals surface area contributed by atoms with Crippen LogP contribution in [-0.4, -0.2) is 18.9 Å². The molecular weight excluding hydrogens is 316 g/mol. The maximum atomic E-state index is 12.8. The first-order valence-corrected chi connectivity index (χ1v) is 8.43. The maximum absolute atomic E-state index is 12.8. The second-order valence-electron chi connectivity index (χ2n) is 6.23. The summed E-state index contributed by atoms with van der Waals surface area (Å²) in [5.41, 5.74) is 3.54. The van der Waals surface area contributed by atoms with Crippen LogP contribution in [0.2, 0.25) is 0 Å². The summed E-state index contributed by atoms with van der Waals surface area (Å²) in [7, 11) is 1.54. The number of ether oxygens (including phenoxy) is 1. The van der Waals surface area contributed by atoms with Gasteiger partial charge in [-0.2, -0.15) is 0 Å². The Morgan fingerprint density at radius 1 is 1.12 bits per heavy atom. The molecule has 0 aliphatic heterocycles. The van der Waals surface area contributed by atoms with Crippen molar-refractivity contribution in [1.29, 1.82) is 0 Å². The third-order valence-corrected chi connectivity index (χ3v) is 4.46. The highest BCUT2D eigenvalue weighted by Gasteiger charge is 2.26. The van der Waals surface area contributed by atoms with E-state index in [0.29, 0.717) is 17.1 Å². The Morgan fingerprint density at radius 2 is 1.92 bits per heavy atom. The van der Waals surface area contributed by atoms with Crippen molar-refractivity contribution in [2.45, 2.75) is 32.1 Å². The van der Waals surface area contributed by atoms with Crippen LogP contribution in [0, 0.1) is 0 Å². The van der Waals surface area contributed by atoms with Crippen LogP contribution in [0.25, 0.3) is 0 Å². The van der Waals surface area contributed by atoms with E-state index in [2.05, 4.69) is 16.7 Å². The summed E-state index contributed by atoms with van der Waals surface area (Å²) in [6, 6.07) is 13.3. The van der Waals surface area contributed by atoms with E-state index >= 15 is 0 Å². The molecule has 2 aromatic carbocycles. The van der Waals surface area contributed by atoms with Crippen molar-refractivity contribution in [3.05, 3.63) is 53.6 Å². The van der Waals surface area contributed by atoms with Crippen LogP contribution in [0.1, 0.15) is 36.8 Å². The second-order valence-corrected chi connectivity index (χ2v) is 6.23. The minimum absolute atomic E-state index is 0.0221. The highest BCUT2D eigenvalue weighted by atomic mass is 16.5. The molecule has 0 fully saturated rings. The van der Waals surface area contributed by atoms with E-state index in [1.54, 1.807) is 18.2 Å². The first kappa shape index (κ1) is 17.0. The molecule has 0 heterocycles. The third-order valence-electron chi connectivity index (χ3n) is 4.46. The molecule has 3 rings (SSSR count). The number of amides is 2. The summed E-state index contributed by atoms with van der Waals surface area (Å²) in [5, 5.41) is 5.69. The van der Waals surface area contributed by atoms with Crippen molar-refractivity contribution in [1.82, 2.24) is 0 Å². The SMILES string of the molecule is COc1ccc(NC(=O)[C@H]2CCCc3ccccc32)cc1NC(C)=O. The molecular formula is C20H22N2O3. The number of carbonyl (C=O) groups excluding carboxylic acids is 2. The van der Waals surface area contributed by atoms with Gasteiger partial charge in [0.2, 0.25) is 11.8 Å². The number of aryl methyl sites for hydroxylation is 1. The zero-order valence-electron chi connectivity index (χ0n) is 14.5. The minimum Gasteiger partial charge on any atom is -0.495 e. The summed E-state index contributed by atoms with van der Waals surface area (Å²) >= 11 is 0. The number of methoxy groups -OCH3 is 1. The van der Waals surface area contributed by atoms with Crippen LogP contribution in [0.5, 0.6) is 5.75 Å². The molecule has 0 spiro atoms. The molecule has 0 aromatic heterocycles. The molecule has 2 aromatic rings. The Hall–Kier alpha value is -2.82. The molecule has 0 unspecified atom stereocenters. The quantitative estimate of drug-likeness (QED) is 0.893. The number of hydrogen-bond acceptors (Lipinski definition) is 3. The van der Waals surface area contributed by atoms with E-state index < -0.39 is 0 Å². The molecule has 2 N–H and O–H groups in total. The molecule has 0 saturated heterocycles. The topological polar surface area (TPSA) is 67.4 Å². The lowest BCUT2D eigenvalue weighted by Gasteiger charge is -2.24. The Morgan fingerprint density at radius 3 is 2.68 bits per heavy atom. The smallest absolute Gasteiger partial charge is 0.231 e. The van der Waals surface area contributed by atoms with Crippen molar-refractivity contribution >= 4 is 23.2 Å². The normalized spacial score (nSPS) is 15.8. The number of anilines is 2. The van der Waals surface area contributed by atoms with Gasteiger partial charge >= 0.3 is 0 Å². The number of fused-ring (bicyclic) bond motifs is 1. The van der Waals surface area contributed by atoms with E-state index in [1.807, 2.05) is 18.2 Å². The van der Waals surface area contributed by atoms with Crippen LogP contribution < -0.4 is 15.4 Å². The zero-order valence-corrected chi connectivity index (χ0v) is 14.5. The highest BCUT2D eigenvalue weighted by Crippen LogP contribution is 2.33. The fraction of sp³-hybridized carbons (Fsp3) is 0.300. The van der Waals surface area contributed by atoms with Gasteiger partial charge in [-0.1, -0.05) is 24.3 Å². The summed E-state index contributed by atoms with van der Waals surface area (Å²) in [4.78, 5) is 24.1. The molecule has 2 amide bonds. The summed E-state index contributed by atoms with van der Waals surface area (Å²) in [6.45, 7) is 1.43. The molecule has 5 nitrogen and oxygen atoms in total. The van der Waals surface area contributed by atoms with Gasteiger partial charge in [0, 0.05) is 12.6 Å². The van der Waals surface area contributed by atoms with Gasteiger partial charge in [-0.25, -0.2) is 0 Å². The van der Waals surface area contributed by atoms with Crippen LogP contribution in [0.15, 0.2) is 42.5 Å². The Balaban J connectivity index is 1.81. The average molecular weight is 338 g/mol. The largest absolute Gasteiger partial charge is 0.495 e.